The minimum Gasteiger partial charge on any atom is -0.491 e. The molecule has 1 saturated heterocycles. The molecule has 1 aliphatic rings. The standard InChI is InChI=1S/C16H23NO4S2/c1-12-4-3-5-13(2)16(12)21-8-7-17-15(18)10-22-14-6-9-23(19,20)11-14/h3-5,14H,6-11H2,1-2H3,(H,17,18). The lowest BCUT2D eigenvalue weighted by atomic mass is 10.1. The lowest BCUT2D eigenvalue weighted by Gasteiger charge is -2.12. The summed E-state index contributed by atoms with van der Waals surface area (Å²) in [6, 6.07) is 5.97. The van der Waals surface area contributed by atoms with Crippen molar-refractivity contribution in [3.05, 3.63) is 29.3 Å². The monoisotopic (exact) mass is 357 g/mol. The van der Waals surface area contributed by atoms with Crippen molar-refractivity contribution in [2.45, 2.75) is 25.5 Å². The van der Waals surface area contributed by atoms with Crippen LogP contribution in [0.1, 0.15) is 17.5 Å². The molecule has 0 aromatic heterocycles. The van der Waals surface area contributed by atoms with Gasteiger partial charge in [-0.25, -0.2) is 8.42 Å². The van der Waals surface area contributed by atoms with Gasteiger partial charge in [0.05, 0.1) is 23.8 Å². The predicted octanol–water partition coefficient (Wildman–Crippen LogP) is 1.72. The largest absolute Gasteiger partial charge is 0.491 e. The van der Waals surface area contributed by atoms with Crippen molar-refractivity contribution in [1.82, 2.24) is 5.32 Å². The van der Waals surface area contributed by atoms with Crippen LogP contribution in [0.15, 0.2) is 18.2 Å². The summed E-state index contributed by atoms with van der Waals surface area (Å²) < 4.78 is 28.4. The molecule has 1 N–H and O–H groups in total. The van der Waals surface area contributed by atoms with E-state index in [2.05, 4.69) is 5.32 Å². The fraction of sp³-hybridized carbons (Fsp3) is 0.562. The van der Waals surface area contributed by atoms with E-state index in [1.165, 1.54) is 11.8 Å². The smallest absolute Gasteiger partial charge is 0.230 e. The third-order valence-electron chi connectivity index (χ3n) is 3.72. The van der Waals surface area contributed by atoms with Gasteiger partial charge in [-0.1, -0.05) is 18.2 Å². The van der Waals surface area contributed by atoms with E-state index in [9.17, 15) is 13.2 Å². The Labute approximate surface area is 142 Å². The number of sulfone groups is 1. The van der Waals surface area contributed by atoms with Gasteiger partial charge in [-0.2, -0.15) is 0 Å². The van der Waals surface area contributed by atoms with E-state index in [-0.39, 0.29) is 22.7 Å². The van der Waals surface area contributed by atoms with Crippen LogP contribution in [0.5, 0.6) is 5.75 Å². The fourth-order valence-corrected chi connectivity index (χ4v) is 5.98. The van der Waals surface area contributed by atoms with Gasteiger partial charge in [-0.15, -0.1) is 11.8 Å². The summed E-state index contributed by atoms with van der Waals surface area (Å²) in [4.78, 5) is 11.8. The zero-order valence-corrected chi connectivity index (χ0v) is 15.1. The number of carbonyl (C=O) groups excluding carboxylic acids is 1. The molecule has 0 aliphatic carbocycles. The van der Waals surface area contributed by atoms with Gasteiger partial charge in [0.25, 0.3) is 0 Å². The summed E-state index contributed by atoms with van der Waals surface area (Å²) in [5.41, 5.74) is 2.16. The van der Waals surface area contributed by atoms with Crippen LogP contribution in [0.3, 0.4) is 0 Å². The number of hydrogen-bond donors (Lipinski definition) is 1. The van der Waals surface area contributed by atoms with Crippen LogP contribution in [0.2, 0.25) is 0 Å². The fourth-order valence-electron chi connectivity index (χ4n) is 2.51. The first-order valence-corrected chi connectivity index (χ1v) is 10.5. The number of thioether (sulfide) groups is 1. The maximum atomic E-state index is 11.8. The Balaban J connectivity index is 1.64. The zero-order chi connectivity index (χ0) is 16.9. The first kappa shape index (κ1) is 18.1. The Bertz CT molecular complexity index is 638. The maximum Gasteiger partial charge on any atom is 0.230 e. The first-order valence-electron chi connectivity index (χ1n) is 7.65. The molecule has 0 bridgehead atoms. The number of ether oxygens (including phenoxy) is 1. The van der Waals surface area contributed by atoms with Gasteiger partial charge in [-0.05, 0) is 31.4 Å². The Hall–Kier alpha value is -1.21. The van der Waals surface area contributed by atoms with Gasteiger partial charge in [0, 0.05) is 5.25 Å². The van der Waals surface area contributed by atoms with Crippen molar-refractivity contribution >= 4 is 27.5 Å². The second-order valence-electron chi connectivity index (χ2n) is 5.76. The molecular weight excluding hydrogens is 334 g/mol. The summed E-state index contributed by atoms with van der Waals surface area (Å²) in [7, 11) is -2.88. The normalized spacial score (nSPS) is 19.5. The molecule has 1 heterocycles. The maximum absolute atomic E-state index is 11.8. The molecule has 1 fully saturated rings. The lowest BCUT2D eigenvalue weighted by molar-refractivity contribution is -0.118. The van der Waals surface area contributed by atoms with Gasteiger partial charge >= 0.3 is 0 Å². The number of aryl methyl sites for hydroxylation is 2. The number of amides is 1. The van der Waals surface area contributed by atoms with Gasteiger partial charge in [0.15, 0.2) is 9.84 Å². The van der Waals surface area contributed by atoms with Crippen LogP contribution in [0, 0.1) is 13.8 Å². The average molecular weight is 357 g/mol. The summed E-state index contributed by atoms with van der Waals surface area (Å²) >= 11 is 1.42. The molecule has 1 aromatic rings. The number of nitrogens with one attached hydrogen (secondary N) is 1. The van der Waals surface area contributed by atoms with Crippen LogP contribution in [0.4, 0.5) is 0 Å². The second kappa shape index (κ2) is 8.06. The van der Waals surface area contributed by atoms with Crippen molar-refractivity contribution in [3.8, 4) is 5.75 Å². The summed E-state index contributed by atoms with van der Waals surface area (Å²) in [6.45, 7) is 4.84. The summed E-state index contributed by atoms with van der Waals surface area (Å²) in [6.07, 6.45) is 0.649. The van der Waals surface area contributed by atoms with Gasteiger partial charge in [-0.3, -0.25) is 4.79 Å². The van der Waals surface area contributed by atoms with Crippen LogP contribution in [0.25, 0.3) is 0 Å². The first-order chi connectivity index (χ1) is 10.9. The van der Waals surface area contributed by atoms with E-state index in [0.717, 1.165) is 16.9 Å². The van der Waals surface area contributed by atoms with Crippen molar-refractivity contribution in [3.63, 3.8) is 0 Å². The second-order valence-corrected chi connectivity index (χ2v) is 9.27. The minimum absolute atomic E-state index is 0.0524. The Morgan fingerprint density at radius 1 is 1.35 bits per heavy atom. The average Bonchev–Trinajstić information content (AvgIpc) is 2.83. The molecule has 1 unspecified atom stereocenters. The van der Waals surface area contributed by atoms with E-state index in [4.69, 9.17) is 4.74 Å². The molecule has 7 heteroatoms. The van der Waals surface area contributed by atoms with E-state index < -0.39 is 9.84 Å². The molecule has 0 radical (unpaired) electrons. The van der Waals surface area contributed by atoms with E-state index in [1.54, 1.807) is 0 Å². The molecule has 0 saturated carbocycles. The number of hydrogen-bond acceptors (Lipinski definition) is 5. The van der Waals surface area contributed by atoms with Gasteiger partial charge in [0.1, 0.15) is 12.4 Å². The topological polar surface area (TPSA) is 72.5 Å². The number of carbonyl (C=O) groups is 1. The summed E-state index contributed by atoms with van der Waals surface area (Å²) in [5.74, 6) is 1.52. The number of benzene rings is 1. The Morgan fingerprint density at radius 2 is 2.04 bits per heavy atom. The van der Waals surface area contributed by atoms with Crippen molar-refractivity contribution in [2.24, 2.45) is 0 Å². The summed E-state index contributed by atoms with van der Waals surface area (Å²) in [5, 5.41) is 2.85. The highest BCUT2D eigenvalue weighted by atomic mass is 32.2. The zero-order valence-electron chi connectivity index (χ0n) is 13.5. The Kier molecular flexibility index (Phi) is 6.35. The molecule has 23 heavy (non-hydrogen) atoms. The van der Waals surface area contributed by atoms with Crippen molar-refractivity contribution in [2.75, 3.05) is 30.4 Å². The Morgan fingerprint density at radius 3 is 2.65 bits per heavy atom. The third-order valence-corrected chi connectivity index (χ3v) is 7.00. The third kappa shape index (κ3) is 5.73. The van der Waals surface area contributed by atoms with Crippen LogP contribution >= 0.6 is 11.8 Å². The quantitative estimate of drug-likeness (QED) is 0.752. The molecule has 128 valence electrons. The molecule has 1 amide bonds. The molecule has 1 atom stereocenters. The van der Waals surface area contributed by atoms with Crippen LogP contribution < -0.4 is 10.1 Å². The van der Waals surface area contributed by atoms with E-state index >= 15 is 0 Å². The number of rotatable bonds is 7. The van der Waals surface area contributed by atoms with Crippen LogP contribution in [-0.2, 0) is 14.6 Å². The predicted molar refractivity (Wildman–Crippen MR) is 93.9 cm³/mol. The van der Waals surface area contributed by atoms with Gasteiger partial charge in [0.2, 0.25) is 5.91 Å². The molecule has 2 rings (SSSR count). The SMILES string of the molecule is Cc1cccc(C)c1OCCNC(=O)CSC1CCS(=O)(=O)C1. The van der Waals surface area contributed by atoms with Crippen LogP contribution in [-0.4, -0.2) is 50.0 Å². The molecule has 1 aliphatic heterocycles. The van der Waals surface area contributed by atoms with E-state index in [0.29, 0.717) is 25.3 Å². The highest BCUT2D eigenvalue weighted by molar-refractivity contribution is 8.02. The van der Waals surface area contributed by atoms with Crippen molar-refractivity contribution < 1.29 is 17.9 Å². The lowest BCUT2D eigenvalue weighted by Crippen LogP contribution is -2.30. The molecule has 1 aromatic carbocycles. The highest BCUT2D eigenvalue weighted by Crippen LogP contribution is 2.24. The highest BCUT2D eigenvalue weighted by Gasteiger charge is 2.28. The molecular formula is C16H23NO4S2. The minimum atomic E-state index is -2.88. The number of para-hydroxylation sites is 1. The molecule has 0 spiro atoms. The van der Waals surface area contributed by atoms with Crippen molar-refractivity contribution in [1.29, 1.82) is 0 Å². The molecule has 5 nitrogen and oxygen atoms in total. The van der Waals surface area contributed by atoms with Gasteiger partial charge < -0.3 is 10.1 Å². The van der Waals surface area contributed by atoms with E-state index in [1.807, 2.05) is 32.0 Å².